The molecule has 114 valence electrons. The van der Waals surface area contributed by atoms with Gasteiger partial charge >= 0.3 is 0 Å². The normalized spacial score (nSPS) is 15.3. The summed E-state index contributed by atoms with van der Waals surface area (Å²) in [5, 5.41) is 6.15. The van der Waals surface area contributed by atoms with E-state index in [1.54, 1.807) is 0 Å². The summed E-state index contributed by atoms with van der Waals surface area (Å²) in [6.45, 7) is 6.12. The van der Waals surface area contributed by atoms with Crippen LogP contribution >= 0.6 is 11.3 Å². The maximum absolute atomic E-state index is 5.50. The molecule has 0 amide bonds. The van der Waals surface area contributed by atoms with Crippen LogP contribution in [0.25, 0.3) is 0 Å². The lowest BCUT2D eigenvalue weighted by atomic mass is 10.2. The van der Waals surface area contributed by atoms with Crippen molar-refractivity contribution in [1.29, 1.82) is 0 Å². The van der Waals surface area contributed by atoms with Crippen molar-refractivity contribution in [3.63, 3.8) is 0 Å². The van der Waals surface area contributed by atoms with E-state index in [0.717, 1.165) is 6.54 Å². The van der Waals surface area contributed by atoms with Crippen LogP contribution in [0.2, 0.25) is 0 Å². The molecule has 0 radical (unpaired) electrons. The van der Waals surface area contributed by atoms with Crippen molar-refractivity contribution in [1.82, 2.24) is 10.1 Å². The predicted molar refractivity (Wildman–Crippen MR) is 82.5 cm³/mol. The maximum atomic E-state index is 5.50. The summed E-state index contributed by atoms with van der Waals surface area (Å²) >= 11 is 1.84. The van der Waals surface area contributed by atoms with Crippen LogP contribution in [0.5, 0.6) is 0 Å². The van der Waals surface area contributed by atoms with Gasteiger partial charge in [-0.15, -0.1) is 11.3 Å². The number of aryl methyl sites for hydroxylation is 1. The first-order valence-electron chi connectivity index (χ1n) is 7.47. The Bertz CT molecular complexity index is 579. The molecule has 1 aliphatic rings. The predicted octanol–water partition coefficient (Wildman–Crippen LogP) is 3.40. The molecule has 0 spiro atoms. The Hall–Kier alpha value is -1.40. The molecule has 0 aliphatic carbocycles. The highest BCUT2D eigenvalue weighted by Crippen LogP contribution is 2.31. The van der Waals surface area contributed by atoms with Gasteiger partial charge in [0.1, 0.15) is 6.61 Å². The second-order valence-corrected chi connectivity index (χ2v) is 6.57. The fourth-order valence-corrected chi connectivity index (χ4v) is 3.43. The minimum absolute atomic E-state index is 0.172. The van der Waals surface area contributed by atoms with Gasteiger partial charge in [-0.05, 0) is 44.6 Å². The molecule has 0 N–H and O–H groups in total. The Morgan fingerprint density at radius 2 is 2.33 bits per heavy atom. The smallest absolute Gasteiger partial charge is 0.246 e. The van der Waals surface area contributed by atoms with Crippen LogP contribution in [0.3, 0.4) is 0 Å². The maximum Gasteiger partial charge on any atom is 0.246 e. The zero-order chi connectivity index (χ0) is 14.7. The first kappa shape index (κ1) is 14.5. The molecule has 3 rings (SSSR count). The van der Waals surface area contributed by atoms with Crippen molar-refractivity contribution in [3.8, 4) is 0 Å². The molecule has 6 heteroatoms. The SMILES string of the molecule is CC(C)OCc1noc(CN2CCCCc3sccc32)n1. The lowest BCUT2D eigenvalue weighted by Crippen LogP contribution is -2.23. The fourth-order valence-electron chi connectivity index (χ4n) is 2.49. The molecule has 2 aromatic heterocycles. The third-order valence-corrected chi connectivity index (χ3v) is 4.50. The highest BCUT2D eigenvalue weighted by Gasteiger charge is 2.19. The second-order valence-electron chi connectivity index (χ2n) is 5.57. The van der Waals surface area contributed by atoms with Gasteiger partial charge in [-0.3, -0.25) is 0 Å². The average Bonchev–Trinajstić information content (AvgIpc) is 3.05. The van der Waals surface area contributed by atoms with Gasteiger partial charge in [-0.2, -0.15) is 4.98 Å². The standard InChI is InChI=1S/C15H21N3O2S/c1-11(2)19-10-14-16-15(20-17-14)9-18-7-4-3-5-13-12(18)6-8-21-13/h6,8,11H,3-5,7,9-10H2,1-2H3. The number of hydrogen-bond acceptors (Lipinski definition) is 6. The molecule has 0 unspecified atom stereocenters. The third kappa shape index (κ3) is 3.63. The van der Waals surface area contributed by atoms with Crippen LogP contribution in [-0.4, -0.2) is 22.8 Å². The minimum Gasteiger partial charge on any atom is -0.371 e. The van der Waals surface area contributed by atoms with Crippen molar-refractivity contribution < 1.29 is 9.26 Å². The van der Waals surface area contributed by atoms with Gasteiger partial charge in [0.05, 0.1) is 18.3 Å². The summed E-state index contributed by atoms with van der Waals surface area (Å²) in [6, 6.07) is 2.20. The van der Waals surface area contributed by atoms with E-state index in [9.17, 15) is 0 Å². The van der Waals surface area contributed by atoms with E-state index in [2.05, 4.69) is 26.5 Å². The van der Waals surface area contributed by atoms with Crippen molar-refractivity contribution in [3.05, 3.63) is 28.0 Å². The molecule has 0 saturated carbocycles. The van der Waals surface area contributed by atoms with Gasteiger partial charge < -0.3 is 14.2 Å². The van der Waals surface area contributed by atoms with E-state index >= 15 is 0 Å². The Morgan fingerprint density at radius 1 is 1.43 bits per heavy atom. The van der Waals surface area contributed by atoms with Crippen molar-refractivity contribution in [2.24, 2.45) is 0 Å². The quantitative estimate of drug-likeness (QED) is 0.847. The van der Waals surface area contributed by atoms with E-state index in [1.807, 2.05) is 25.2 Å². The monoisotopic (exact) mass is 307 g/mol. The van der Waals surface area contributed by atoms with Gasteiger partial charge in [0.15, 0.2) is 5.82 Å². The number of rotatable bonds is 5. The van der Waals surface area contributed by atoms with Crippen molar-refractivity contribution in [2.75, 3.05) is 11.4 Å². The highest BCUT2D eigenvalue weighted by atomic mass is 32.1. The van der Waals surface area contributed by atoms with Crippen molar-refractivity contribution >= 4 is 17.0 Å². The summed E-state index contributed by atoms with van der Waals surface area (Å²) in [7, 11) is 0. The number of ether oxygens (including phenoxy) is 1. The van der Waals surface area contributed by atoms with Crippen LogP contribution in [0.4, 0.5) is 5.69 Å². The van der Waals surface area contributed by atoms with Crippen molar-refractivity contribution in [2.45, 2.75) is 52.4 Å². The van der Waals surface area contributed by atoms with E-state index in [0.29, 0.717) is 24.9 Å². The first-order valence-corrected chi connectivity index (χ1v) is 8.34. The summed E-state index contributed by atoms with van der Waals surface area (Å²) in [5.74, 6) is 1.29. The molecule has 0 atom stereocenters. The molecule has 0 bridgehead atoms. The fraction of sp³-hybridized carbons (Fsp3) is 0.600. The number of aromatic nitrogens is 2. The van der Waals surface area contributed by atoms with E-state index < -0.39 is 0 Å². The van der Waals surface area contributed by atoms with Gasteiger partial charge in [-0.1, -0.05) is 5.16 Å². The topological polar surface area (TPSA) is 51.4 Å². The van der Waals surface area contributed by atoms with E-state index in [-0.39, 0.29) is 6.10 Å². The van der Waals surface area contributed by atoms with Crippen LogP contribution in [0.15, 0.2) is 16.0 Å². The molecule has 3 heterocycles. The van der Waals surface area contributed by atoms with E-state index in [1.165, 1.54) is 29.8 Å². The number of anilines is 1. The third-order valence-electron chi connectivity index (χ3n) is 3.53. The second kappa shape index (κ2) is 6.58. The summed E-state index contributed by atoms with van der Waals surface area (Å²) in [4.78, 5) is 8.24. The Balaban J connectivity index is 1.67. The molecule has 5 nitrogen and oxygen atoms in total. The van der Waals surface area contributed by atoms with Crippen LogP contribution < -0.4 is 4.90 Å². The molecular weight excluding hydrogens is 286 g/mol. The van der Waals surface area contributed by atoms with E-state index in [4.69, 9.17) is 9.26 Å². The lowest BCUT2D eigenvalue weighted by molar-refractivity contribution is 0.0601. The molecule has 1 aliphatic heterocycles. The molecule has 0 aromatic carbocycles. The zero-order valence-corrected chi connectivity index (χ0v) is 13.4. The molecule has 0 saturated heterocycles. The highest BCUT2D eigenvalue weighted by molar-refractivity contribution is 7.10. The van der Waals surface area contributed by atoms with Crippen LogP contribution in [0.1, 0.15) is 43.3 Å². The average molecular weight is 307 g/mol. The number of nitrogens with zero attached hydrogens (tertiary/aromatic N) is 3. The van der Waals surface area contributed by atoms with Gasteiger partial charge in [0, 0.05) is 11.4 Å². The zero-order valence-electron chi connectivity index (χ0n) is 12.5. The molecular formula is C15H21N3O2S. The Morgan fingerprint density at radius 3 is 3.19 bits per heavy atom. The Kier molecular flexibility index (Phi) is 4.55. The van der Waals surface area contributed by atoms with Gasteiger partial charge in [0.25, 0.3) is 0 Å². The molecule has 2 aromatic rings. The lowest BCUT2D eigenvalue weighted by Gasteiger charge is -2.20. The summed E-state index contributed by atoms with van der Waals surface area (Å²) in [6.07, 6.45) is 3.81. The van der Waals surface area contributed by atoms with Crippen LogP contribution in [-0.2, 0) is 24.3 Å². The van der Waals surface area contributed by atoms with Gasteiger partial charge in [-0.25, -0.2) is 0 Å². The summed E-state index contributed by atoms with van der Waals surface area (Å²) in [5.41, 5.74) is 1.33. The molecule has 21 heavy (non-hydrogen) atoms. The molecule has 0 fully saturated rings. The first-order chi connectivity index (χ1) is 10.2. The minimum atomic E-state index is 0.172. The van der Waals surface area contributed by atoms with Gasteiger partial charge in [0.2, 0.25) is 5.89 Å². The largest absolute Gasteiger partial charge is 0.371 e. The number of hydrogen-bond donors (Lipinski definition) is 0. The number of fused-ring (bicyclic) bond motifs is 1. The summed E-state index contributed by atoms with van der Waals surface area (Å²) < 4.78 is 10.9. The Labute approximate surface area is 128 Å². The number of thiophene rings is 1. The van der Waals surface area contributed by atoms with Crippen LogP contribution in [0, 0.1) is 0 Å².